The van der Waals surface area contributed by atoms with Crippen molar-refractivity contribution in [3.8, 4) is 0 Å². The van der Waals surface area contributed by atoms with E-state index in [9.17, 15) is 9.90 Å². The highest BCUT2D eigenvalue weighted by atomic mass is 16.5. The van der Waals surface area contributed by atoms with Crippen LogP contribution in [0.5, 0.6) is 0 Å². The van der Waals surface area contributed by atoms with Gasteiger partial charge in [0.15, 0.2) is 0 Å². The summed E-state index contributed by atoms with van der Waals surface area (Å²) in [6, 6.07) is 0. The van der Waals surface area contributed by atoms with Crippen molar-refractivity contribution in [1.82, 2.24) is 0 Å². The van der Waals surface area contributed by atoms with Crippen LogP contribution in [-0.4, -0.2) is 23.8 Å². The molecule has 1 atom stereocenters. The van der Waals surface area contributed by atoms with Crippen molar-refractivity contribution in [1.29, 1.82) is 0 Å². The number of hydrogen-bond acceptors (Lipinski definition) is 3. The summed E-state index contributed by atoms with van der Waals surface area (Å²) in [5, 5.41) is 9.29. The van der Waals surface area contributed by atoms with Crippen molar-refractivity contribution >= 4 is 5.97 Å². The summed E-state index contributed by atoms with van der Waals surface area (Å²) in [4.78, 5) is 11.3. The zero-order valence-electron chi connectivity index (χ0n) is 12.8. The van der Waals surface area contributed by atoms with E-state index in [0.29, 0.717) is 13.0 Å². The molecule has 1 unspecified atom stereocenters. The maximum absolute atomic E-state index is 11.3. The van der Waals surface area contributed by atoms with Crippen LogP contribution in [0.4, 0.5) is 0 Å². The highest BCUT2D eigenvalue weighted by Crippen LogP contribution is 2.09. The number of aliphatic hydroxyl groups is 1. The molecule has 0 amide bonds. The molecule has 0 aliphatic rings. The summed E-state index contributed by atoms with van der Waals surface area (Å²) in [5.41, 5.74) is 0. The van der Waals surface area contributed by atoms with Crippen molar-refractivity contribution in [3.63, 3.8) is 0 Å². The molecular formula is C16H32O3. The summed E-state index contributed by atoms with van der Waals surface area (Å²) < 4.78 is 5.08. The lowest BCUT2D eigenvalue weighted by atomic mass is 10.1. The monoisotopic (exact) mass is 272 g/mol. The van der Waals surface area contributed by atoms with Crippen molar-refractivity contribution in [2.75, 3.05) is 6.61 Å². The molecule has 0 aliphatic carbocycles. The zero-order chi connectivity index (χ0) is 14.3. The number of ether oxygens (including phenoxy) is 1. The molecule has 3 heteroatoms. The van der Waals surface area contributed by atoms with Crippen LogP contribution in [0.1, 0.15) is 84.5 Å². The SMILES string of the molecule is CCCCCCCCCCCOC(=O)CC(O)CC. The highest BCUT2D eigenvalue weighted by Gasteiger charge is 2.09. The lowest BCUT2D eigenvalue weighted by molar-refractivity contribution is -0.146. The Labute approximate surface area is 118 Å². The van der Waals surface area contributed by atoms with E-state index >= 15 is 0 Å². The van der Waals surface area contributed by atoms with E-state index in [0.717, 1.165) is 12.8 Å². The third kappa shape index (κ3) is 13.7. The summed E-state index contributed by atoms with van der Waals surface area (Å²) in [6.45, 7) is 4.60. The minimum absolute atomic E-state index is 0.133. The van der Waals surface area contributed by atoms with Crippen LogP contribution in [0, 0.1) is 0 Å². The molecule has 0 aromatic carbocycles. The van der Waals surface area contributed by atoms with Gasteiger partial charge in [0.1, 0.15) is 0 Å². The third-order valence-electron chi connectivity index (χ3n) is 3.38. The first-order valence-corrected chi connectivity index (χ1v) is 8.04. The number of rotatable bonds is 13. The number of hydrogen-bond donors (Lipinski definition) is 1. The van der Waals surface area contributed by atoms with Crippen LogP contribution >= 0.6 is 0 Å². The Morgan fingerprint density at radius 1 is 0.947 bits per heavy atom. The Morgan fingerprint density at radius 2 is 1.47 bits per heavy atom. The average Bonchev–Trinajstić information content (AvgIpc) is 2.40. The van der Waals surface area contributed by atoms with Gasteiger partial charge in [0.05, 0.1) is 19.1 Å². The summed E-state index contributed by atoms with van der Waals surface area (Å²) in [5.74, 6) is -0.270. The van der Waals surface area contributed by atoms with E-state index in [1.807, 2.05) is 6.92 Å². The van der Waals surface area contributed by atoms with Crippen molar-refractivity contribution in [2.24, 2.45) is 0 Å². The highest BCUT2D eigenvalue weighted by molar-refractivity contribution is 5.69. The predicted molar refractivity (Wildman–Crippen MR) is 79.1 cm³/mol. The van der Waals surface area contributed by atoms with Crippen LogP contribution < -0.4 is 0 Å². The second kappa shape index (κ2) is 13.9. The Balaban J connectivity index is 3.16. The molecule has 0 bridgehead atoms. The number of carbonyl (C=O) groups excluding carboxylic acids is 1. The largest absolute Gasteiger partial charge is 0.466 e. The van der Waals surface area contributed by atoms with Crippen LogP contribution in [-0.2, 0) is 9.53 Å². The molecule has 0 aliphatic heterocycles. The minimum atomic E-state index is -0.546. The third-order valence-corrected chi connectivity index (χ3v) is 3.38. The van der Waals surface area contributed by atoms with Crippen molar-refractivity contribution < 1.29 is 14.6 Å². The standard InChI is InChI=1S/C16H32O3/c1-3-5-6-7-8-9-10-11-12-13-19-16(18)14-15(17)4-2/h15,17H,3-14H2,1-2H3. The maximum Gasteiger partial charge on any atom is 0.308 e. The molecule has 0 fully saturated rings. The molecule has 0 spiro atoms. The number of aliphatic hydroxyl groups excluding tert-OH is 1. The van der Waals surface area contributed by atoms with Crippen LogP contribution in [0.3, 0.4) is 0 Å². The van der Waals surface area contributed by atoms with Crippen LogP contribution in [0.25, 0.3) is 0 Å². The molecule has 0 aromatic rings. The van der Waals surface area contributed by atoms with Gasteiger partial charge in [-0.15, -0.1) is 0 Å². The first-order valence-electron chi connectivity index (χ1n) is 8.04. The molecule has 0 aromatic heterocycles. The Kier molecular flexibility index (Phi) is 13.4. The van der Waals surface area contributed by atoms with Gasteiger partial charge in [-0.2, -0.15) is 0 Å². The van der Waals surface area contributed by atoms with Crippen molar-refractivity contribution in [2.45, 2.75) is 90.6 Å². The van der Waals surface area contributed by atoms with Gasteiger partial charge in [0.25, 0.3) is 0 Å². The molecule has 1 N–H and O–H groups in total. The van der Waals surface area contributed by atoms with E-state index in [4.69, 9.17) is 4.74 Å². The zero-order valence-corrected chi connectivity index (χ0v) is 12.8. The molecule has 3 nitrogen and oxygen atoms in total. The van der Waals surface area contributed by atoms with Crippen LogP contribution in [0.2, 0.25) is 0 Å². The van der Waals surface area contributed by atoms with Gasteiger partial charge in [-0.3, -0.25) is 4.79 Å². The lowest BCUT2D eigenvalue weighted by Gasteiger charge is -2.08. The predicted octanol–water partition coefficient (Wildman–Crippen LogP) is 4.22. The van der Waals surface area contributed by atoms with E-state index < -0.39 is 6.10 Å². The van der Waals surface area contributed by atoms with Crippen molar-refractivity contribution in [3.05, 3.63) is 0 Å². The Bertz CT molecular complexity index is 204. The van der Waals surface area contributed by atoms with Gasteiger partial charge in [-0.05, 0) is 12.8 Å². The Morgan fingerprint density at radius 3 is 2.00 bits per heavy atom. The fraction of sp³-hybridized carbons (Fsp3) is 0.938. The fourth-order valence-electron chi connectivity index (χ4n) is 1.99. The van der Waals surface area contributed by atoms with Gasteiger partial charge in [-0.1, -0.05) is 65.2 Å². The molecule has 0 radical (unpaired) electrons. The number of esters is 1. The van der Waals surface area contributed by atoms with E-state index in [1.54, 1.807) is 0 Å². The van der Waals surface area contributed by atoms with Gasteiger partial charge >= 0.3 is 5.97 Å². The summed E-state index contributed by atoms with van der Waals surface area (Å²) >= 11 is 0. The lowest BCUT2D eigenvalue weighted by Crippen LogP contribution is -2.15. The molecule has 0 saturated carbocycles. The number of unbranched alkanes of at least 4 members (excludes halogenated alkanes) is 8. The molecular weight excluding hydrogens is 240 g/mol. The minimum Gasteiger partial charge on any atom is -0.466 e. The number of carbonyl (C=O) groups is 1. The smallest absolute Gasteiger partial charge is 0.308 e. The first-order chi connectivity index (χ1) is 9.20. The van der Waals surface area contributed by atoms with E-state index in [2.05, 4.69) is 6.92 Å². The van der Waals surface area contributed by atoms with Gasteiger partial charge in [0.2, 0.25) is 0 Å². The van der Waals surface area contributed by atoms with Gasteiger partial charge in [-0.25, -0.2) is 0 Å². The topological polar surface area (TPSA) is 46.5 Å². The molecule has 114 valence electrons. The normalized spacial score (nSPS) is 12.4. The fourth-order valence-corrected chi connectivity index (χ4v) is 1.99. The maximum atomic E-state index is 11.3. The van der Waals surface area contributed by atoms with Gasteiger partial charge < -0.3 is 9.84 Å². The average molecular weight is 272 g/mol. The second-order valence-corrected chi connectivity index (χ2v) is 5.32. The van der Waals surface area contributed by atoms with E-state index in [1.165, 1.54) is 44.9 Å². The first kappa shape index (κ1) is 18.4. The second-order valence-electron chi connectivity index (χ2n) is 5.32. The molecule has 0 heterocycles. The Hall–Kier alpha value is -0.570. The summed E-state index contributed by atoms with van der Waals surface area (Å²) in [6.07, 6.45) is 11.5. The molecule has 0 rings (SSSR count). The summed E-state index contributed by atoms with van der Waals surface area (Å²) in [7, 11) is 0. The molecule has 19 heavy (non-hydrogen) atoms. The van der Waals surface area contributed by atoms with Crippen LogP contribution in [0.15, 0.2) is 0 Å². The van der Waals surface area contributed by atoms with Gasteiger partial charge in [0, 0.05) is 0 Å². The van der Waals surface area contributed by atoms with E-state index in [-0.39, 0.29) is 12.4 Å². The molecule has 0 saturated heterocycles. The quantitative estimate of drug-likeness (QED) is 0.403.